The number of rotatable bonds is 4. The fourth-order valence-corrected chi connectivity index (χ4v) is 2.74. The molecule has 0 saturated heterocycles. The lowest BCUT2D eigenvalue weighted by atomic mass is 10.3. The second-order valence-electron chi connectivity index (χ2n) is 3.39. The highest BCUT2D eigenvalue weighted by Gasteiger charge is 2.19. The summed E-state index contributed by atoms with van der Waals surface area (Å²) in [5.41, 5.74) is 5.67. The number of nitrogens with two attached hydrogens (primary N) is 1. The Morgan fingerprint density at radius 3 is 2.75 bits per heavy atom. The van der Waals surface area contributed by atoms with Crippen LogP contribution in [0.1, 0.15) is 6.92 Å². The molecule has 0 aliphatic heterocycles. The topological polar surface area (TPSA) is 92.4 Å². The van der Waals surface area contributed by atoms with Gasteiger partial charge < -0.3 is 10.8 Å². The number of sulfonamides is 1. The van der Waals surface area contributed by atoms with Gasteiger partial charge in [0.05, 0.1) is 12.3 Å². The molecule has 1 atom stereocenters. The Kier molecular flexibility index (Phi) is 4.15. The third-order valence-electron chi connectivity index (χ3n) is 1.90. The third kappa shape index (κ3) is 3.08. The molecule has 0 aromatic heterocycles. The van der Waals surface area contributed by atoms with Gasteiger partial charge in [0.1, 0.15) is 4.90 Å². The zero-order valence-electron chi connectivity index (χ0n) is 8.64. The molecule has 16 heavy (non-hydrogen) atoms. The minimum atomic E-state index is -3.74. The maximum Gasteiger partial charge on any atom is 0.242 e. The Labute approximate surface area is 99.3 Å². The minimum absolute atomic E-state index is 0.0831. The summed E-state index contributed by atoms with van der Waals surface area (Å²) in [6.07, 6.45) is 0. The van der Waals surface area contributed by atoms with Crippen molar-refractivity contribution in [3.8, 4) is 0 Å². The van der Waals surface area contributed by atoms with Gasteiger partial charge in [-0.05, 0) is 25.1 Å². The Morgan fingerprint density at radius 1 is 1.56 bits per heavy atom. The summed E-state index contributed by atoms with van der Waals surface area (Å²) in [5, 5.41) is 9.07. The summed E-state index contributed by atoms with van der Waals surface area (Å²) in [5.74, 6) is 0. The summed E-state index contributed by atoms with van der Waals surface area (Å²) >= 11 is 5.70. The summed E-state index contributed by atoms with van der Waals surface area (Å²) < 4.78 is 25.9. The van der Waals surface area contributed by atoms with Crippen LogP contribution in [0, 0.1) is 0 Å². The maximum atomic E-state index is 11.8. The van der Waals surface area contributed by atoms with E-state index in [9.17, 15) is 8.42 Å². The summed E-state index contributed by atoms with van der Waals surface area (Å²) in [7, 11) is -3.74. The molecule has 7 heteroatoms. The van der Waals surface area contributed by atoms with E-state index in [0.717, 1.165) is 0 Å². The van der Waals surface area contributed by atoms with E-state index in [4.69, 9.17) is 22.4 Å². The molecule has 0 fully saturated rings. The molecule has 1 aromatic rings. The lowest BCUT2D eigenvalue weighted by Gasteiger charge is -2.13. The van der Waals surface area contributed by atoms with E-state index in [2.05, 4.69) is 4.72 Å². The van der Waals surface area contributed by atoms with E-state index in [1.165, 1.54) is 25.1 Å². The number of hydrogen-bond acceptors (Lipinski definition) is 4. The van der Waals surface area contributed by atoms with Crippen molar-refractivity contribution < 1.29 is 13.5 Å². The predicted molar refractivity (Wildman–Crippen MR) is 62.7 cm³/mol. The van der Waals surface area contributed by atoms with Crippen molar-refractivity contribution >= 4 is 27.3 Å². The second kappa shape index (κ2) is 5.01. The largest absolute Gasteiger partial charge is 0.398 e. The third-order valence-corrected chi connectivity index (χ3v) is 3.78. The second-order valence-corrected chi connectivity index (χ2v) is 5.51. The van der Waals surface area contributed by atoms with Gasteiger partial charge in [-0.25, -0.2) is 13.1 Å². The number of nitrogens with one attached hydrogen (secondary N) is 1. The van der Waals surface area contributed by atoms with E-state index in [1.54, 1.807) is 0 Å². The summed E-state index contributed by atoms with van der Waals surface area (Å²) in [6.45, 7) is 1.25. The van der Waals surface area contributed by atoms with Crippen LogP contribution in [0.4, 0.5) is 5.69 Å². The Hall–Kier alpha value is -0.820. The van der Waals surface area contributed by atoms with Gasteiger partial charge >= 0.3 is 0 Å². The molecule has 4 N–H and O–H groups in total. The van der Waals surface area contributed by atoms with E-state index in [-0.39, 0.29) is 22.2 Å². The number of anilines is 1. The van der Waals surface area contributed by atoms with E-state index in [0.29, 0.717) is 0 Å². The average Bonchev–Trinajstić information content (AvgIpc) is 2.20. The first-order valence-electron chi connectivity index (χ1n) is 4.55. The SMILES string of the molecule is CC(CO)NS(=O)(=O)c1cc(Cl)ccc1N. The predicted octanol–water partition coefficient (Wildman–Crippen LogP) is 0.581. The van der Waals surface area contributed by atoms with Crippen molar-refractivity contribution in [3.05, 3.63) is 23.2 Å². The molecule has 0 spiro atoms. The lowest BCUT2D eigenvalue weighted by Crippen LogP contribution is -2.35. The van der Waals surface area contributed by atoms with Gasteiger partial charge in [0.2, 0.25) is 10.0 Å². The zero-order chi connectivity index (χ0) is 12.3. The van der Waals surface area contributed by atoms with Gasteiger partial charge in [-0.15, -0.1) is 0 Å². The number of nitrogen functional groups attached to an aromatic ring is 1. The standard InChI is InChI=1S/C9H13ClN2O3S/c1-6(5-13)12-16(14,15)9-4-7(10)2-3-8(9)11/h2-4,6,12-13H,5,11H2,1H3. The molecule has 90 valence electrons. The first kappa shape index (κ1) is 13.2. The maximum absolute atomic E-state index is 11.8. The Balaban J connectivity index is 3.12. The van der Waals surface area contributed by atoms with Crippen molar-refractivity contribution in [2.75, 3.05) is 12.3 Å². The van der Waals surface area contributed by atoms with Crippen molar-refractivity contribution in [2.24, 2.45) is 0 Å². The van der Waals surface area contributed by atoms with Crippen LogP contribution >= 0.6 is 11.6 Å². The quantitative estimate of drug-likeness (QED) is 0.694. The van der Waals surface area contributed by atoms with E-state index in [1.807, 2.05) is 0 Å². The highest BCUT2D eigenvalue weighted by molar-refractivity contribution is 7.89. The number of halogens is 1. The minimum Gasteiger partial charge on any atom is -0.398 e. The van der Waals surface area contributed by atoms with Crippen molar-refractivity contribution in [1.82, 2.24) is 4.72 Å². The number of aliphatic hydroxyl groups is 1. The van der Waals surface area contributed by atoms with Crippen LogP contribution in [-0.2, 0) is 10.0 Å². The van der Waals surface area contributed by atoms with Crippen LogP contribution in [0.3, 0.4) is 0 Å². The van der Waals surface area contributed by atoms with Crippen LogP contribution in [-0.4, -0.2) is 26.2 Å². The summed E-state index contributed by atoms with van der Waals surface area (Å²) in [4.78, 5) is -0.0831. The van der Waals surface area contributed by atoms with Crippen LogP contribution in [0.15, 0.2) is 23.1 Å². The van der Waals surface area contributed by atoms with Crippen LogP contribution in [0.5, 0.6) is 0 Å². The highest BCUT2D eigenvalue weighted by Crippen LogP contribution is 2.22. The smallest absolute Gasteiger partial charge is 0.242 e. The Bertz CT molecular complexity index is 476. The molecule has 0 bridgehead atoms. The normalized spacial score (nSPS) is 13.7. The molecule has 1 unspecified atom stereocenters. The first-order chi connectivity index (χ1) is 7.36. The van der Waals surface area contributed by atoms with Gasteiger partial charge in [-0.3, -0.25) is 0 Å². The monoisotopic (exact) mass is 264 g/mol. The molecule has 0 saturated carbocycles. The van der Waals surface area contributed by atoms with E-state index >= 15 is 0 Å². The van der Waals surface area contributed by atoms with Crippen molar-refractivity contribution in [1.29, 1.82) is 0 Å². The fourth-order valence-electron chi connectivity index (χ4n) is 1.11. The molecular formula is C9H13ClN2O3S. The molecular weight excluding hydrogens is 252 g/mol. The van der Waals surface area contributed by atoms with Gasteiger partial charge in [-0.1, -0.05) is 11.6 Å². The Morgan fingerprint density at radius 2 is 2.19 bits per heavy atom. The van der Waals surface area contributed by atoms with Gasteiger partial charge in [0.25, 0.3) is 0 Å². The van der Waals surface area contributed by atoms with Crippen LogP contribution < -0.4 is 10.5 Å². The van der Waals surface area contributed by atoms with Crippen LogP contribution in [0.25, 0.3) is 0 Å². The fraction of sp³-hybridized carbons (Fsp3) is 0.333. The number of aliphatic hydroxyl groups excluding tert-OH is 1. The molecule has 5 nitrogen and oxygen atoms in total. The average molecular weight is 265 g/mol. The molecule has 0 heterocycles. The number of benzene rings is 1. The molecule has 0 aliphatic carbocycles. The van der Waals surface area contributed by atoms with Gasteiger partial charge in [0, 0.05) is 11.1 Å². The van der Waals surface area contributed by atoms with Crippen molar-refractivity contribution in [2.45, 2.75) is 17.9 Å². The van der Waals surface area contributed by atoms with Gasteiger partial charge in [-0.2, -0.15) is 0 Å². The molecule has 1 aromatic carbocycles. The summed E-state index contributed by atoms with van der Waals surface area (Å²) in [6, 6.07) is 3.61. The first-order valence-corrected chi connectivity index (χ1v) is 6.41. The molecule has 1 rings (SSSR count). The molecule has 0 aliphatic rings. The van der Waals surface area contributed by atoms with E-state index < -0.39 is 16.1 Å². The highest BCUT2D eigenvalue weighted by atomic mass is 35.5. The van der Waals surface area contributed by atoms with Crippen molar-refractivity contribution in [3.63, 3.8) is 0 Å². The molecule has 0 amide bonds. The molecule has 0 radical (unpaired) electrons. The lowest BCUT2D eigenvalue weighted by molar-refractivity contribution is 0.265. The zero-order valence-corrected chi connectivity index (χ0v) is 10.2. The van der Waals surface area contributed by atoms with Gasteiger partial charge in [0.15, 0.2) is 0 Å². The number of hydrogen-bond donors (Lipinski definition) is 3. The van der Waals surface area contributed by atoms with Crippen LogP contribution in [0.2, 0.25) is 5.02 Å².